The molecule has 0 aromatic carbocycles. The zero-order valence-electron chi connectivity index (χ0n) is 9.86. The molecule has 0 bridgehead atoms. The third-order valence-electron chi connectivity index (χ3n) is 3.47. The summed E-state index contributed by atoms with van der Waals surface area (Å²) in [5.74, 6) is -1.03. The molecule has 1 aliphatic heterocycles. The molecular weight excluding hydrogens is 212 g/mol. The summed E-state index contributed by atoms with van der Waals surface area (Å²) in [5.41, 5.74) is -2.54. The molecule has 0 aromatic rings. The molecule has 0 aromatic heterocycles. The van der Waals surface area contributed by atoms with Crippen molar-refractivity contribution in [1.29, 1.82) is 0 Å². The number of hydrogen-bond donors (Lipinski definition) is 2. The van der Waals surface area contributed by atoms with Gasteiger partial charge < -0.3 is 19.7 Å². The van der Waals surface area contributed by atoms with E-state index in [9.17, 15) is 15.0 Å². The lowest BCUT2D eigenvalue weighted by molar-refractivity contribution is -0.177. The highest BCUT2D eigenvalue weighted by Crippen LogP contribution is 2.39. The van der Waals surface area contributed by atoms with E-state index in [1.165, 1.54) is 14.0 Å². The lowest BCUT2D eigenvalue weighted by Crippen LogP contribution is -2.54. The summed E-state index contributed by atoms with van der Waals surface area (Å²) >= 11 is 0. The quantitative estimate of drug-likeness (QED) is 0.744. The maximum absolute atomic E-state index is 11.3. The number of methoxy groups -OCH3 is 1. The Balaban J connectivity index is 2.93. The largest absolute Gasteiger partial charge is 0.481 e. The van der Waals surface area contributed by atoms with E-state index in [4.69, 9.17) is 9.47 Å². The Morgan fingerprint density at radius 2 is 2.19 bits per heavy atom. The van der Waals surface area contributed by atoms with Crippen LogP contribution in [0.3, 0.4) is 0 Å². The second-order valence-electron chi connectivity index (χ2n) is 4.57. The Labute approximate surface area is 95.4 Å². The van der Waals surface area contributed by atoms with Crippen LogP contribution in [-0.4, -0.2) is 48.7 Å². The number of carboxylic acids is 1. The van der Waals surface area contributed by atoms with Crippen molar-refractivity contribution in [2.45, 2.75) is 31.8 Å². The second kappa shape index (κ2) is 5.12. The first kappa shape index (κ1) is 13.4. The van der Waals surface area contributed by atoms with Crippen molar-refractivity contribution in [2.24, 2.45) is 5.41 Å². The lowest BCUT2D eigenvalue weighted by atomic mass is 9.70. The van der Waals surface area contributed by atoms with Gasteiger partial charge in [-0.1, -0.05) is 0 Å². The maximum atomic E-state index is 11.3. The van der Waals surface area contributed by atoms with Crippen LogP contribution in [0.2, 0.25) is 0 Å². The van der Waals surface area contributed by atoms with Gasteiger partial charge in [-0.3, -0.25) is 4.79 Å². The fraction of sp³-hybridized carbons (Fsp3) is 0.909. The molecule has 0 aliphatic carbocycles. The minimum Gasteiger partial charge on any atom is -0.481 e. The summed E-state index contributed by atoms with van der Waals surface area (Å²) in [6.07, 6.45) is 1.43. The maximum Gasteiger partial charge on any atom is 0.314 e. The van der Waals surface area contributed by atoms with Crippen molar-refractivity contribution < 1.29 is 24.5 Å². The van der Waals surface area contributed by atoms with Gasteiger partial charge in [0.05, 0.1) is 12.2 Å². The topological polar surface area (TPSA) is 76.0 Å². The third kappa shape index (κ3) is 2.36. The molecule has 1 heterocycles. The van der Waals surface area contributed by atoms with Crippen LogP contribution in [-0.2, 0) is 14.3 Å². The molecule has 1 saturated heterocycles. The zero-order chi connectivity index (χ0) is 12.2. The molecule has 0 amide bonds. The second-order valence-corrected chi connectivity index (χ2v) is 4.57. The van der Waals surface area contributed by atoms with Crippen LogP contribution in [0.15, 0.2) is 0 Å². The molecule has 1 fully saturated rings. The van der Waals surface area contributed by atoms with Crippen molar-refractivity contribution in [1.82, 2.24) is 0 Å². The number of aliphatic hydroxyl groups is 1. The lowest BCUT2D eigenvalue weighted by Gasteiger charge is -2.40. The van der Waals surface area contributed by atoms with Crippen LogP contribution in [0.5, 0.6) is 0 Å². The fourth-order valence-corrected chi connectivity index (χ4v) is 2.17. The molecule has 94 valence electrons. The molecule has 5 nitrogen and oxygen atoms in total. The van der Waals surface area contributed by atoms with Crippen molar-refractivity contribution in [3.05, 3.63) is 0 Å². The Hall–Kier alpha value is -0.650. The molecule has 5 heteroatoms. The van der Waals surface area contributed by atoms with Gasteiger partial charge in [0.1, 0.15) is 5.41 Å². The van der Waals surface area contributed by atoms with E-state index in [1.54, 1.807) is 0 Å². The summed E-state index contributed by atoms with van der Waals surface area (Å²) in [7, 11) is 1.44. The third-order valence-corrected chi connectivity index (χ3v) is 3.47. The Morgan fingerprint density at radius 3 is 2.75 bits per heavy atom. The van der Waals surface area contributed by atoms with Gasteiger partial charge in [-0.2, -0.15) is 0 Å². The Morgan fingerprint density at radius 1 is 1.50 bits per heavy atom. The molecular formula is C11H20O5. The average Bonchev–Trinajstić information content (AvgIpc) is 2.44. The molecule has 1 rings (SSSR count). The first-order valence-electron chi connectivity index (χ1n) is 5.49. The number of carboxylic acid groups (broad SMARTS) is 1. The zero-order valence-corrected chi connectivity index (χ0v) is 9.86. The van der Waals surface area contributed by atoms with E-state index in [2.05, 4.69) is 0 Å². The molecule has 0 radical (unpaired) electrons. The number of aliphatic carboxylic acids is 1. The Kier molecular flexibility index (Phi) is 4.29. The average molecular weight is 232 g/mol. The standard InChI is InChI=1S/C11H20O5/c1-10(8-15-2,9(12)13)11(14)4-3-6-16-7-5-11/h14H,3-8H2,1-2H3,(H,12,13). The van der Waals surface area contributed by atoms with Gasteiger partial charge in [-0.05, 0) is 19.8 Å². The van der Waals surface area contributed by atoms with Gasteiger partial charge in [-0.15, -0.1) is 0 Å². The van der Waals surface area contributed by atoms with Crippen molar-refractivity contribution >= 4 is 5.97 Å². The highest BCUT2D eigenvalue weighted by atomic mass is 16.5. The van der Waals surface area contributed by atoms with Crippen molar-refractivity contribution in [2.75, 3.05) is 26.9 Å². The van der Waals surface area contributed by atoms with Gasteiger partial charge in [0, 0.05) is 26.7 Å². The van der Waals surface area contributed by atoms with Gasteiger partial charge in [-0.25, -0.2) is 0 Å². The summed E-state index contributed by atoms with van der Waals surface area (Å²) in [6, 6.07) is 0. The van der Waals surface area contributed by atoms with E-state index >= 15 is 0 Å². The first-order chi connectivity index (χ1) is 7.46. The summed E-state index contributed by atoms with van der Waals surface area (Å²) in [6.45, 7) is 2.50. The molecule has 2 atom stereocenters. The number of hydrogen-bond acceptors (Lipinski definition) is 4. The highest BCUT2D eigenvalue weighted by Gasteiger charge is 2.52. The first-order valence-corrected chi connectivity index (χ1v) is 5.49. The Bertz CT molecular complexity index is 245. The van der Waals surface area contributed by atoms with Gasteiger partial charge >= 0.3 is 5.97 Å². The van der Waals surface area contributed by atoms with Crippen molar-refractivity contribution in [3.63, 3.8) is 0 Å². The van der Waals surface area contributed by atoms with Crippen molar-refractivity contribution in [3.8, 4) is 0 Å². The highest BCUT2D eigenvalue weighted by molar-refractivity contribution is 5.76. The predicted octanol–water partition coefficient (Wildman–Crippen LogP) is 0.655. The minimum atomic E-state index is -1.28. The van der Waals surface area contributed by atoms with Crippen LogP contribution in [0.1, 0.15) is 26.2 Å². The normalized spacial score (nSPS) is 30.4. The van der Waals surface area contributed by atoms with E-state index in [0.717, 1.165) is 0 Å². The predicted molar refractivity (Wildman–Crippen MR) is 57.2 cm³/mol. The van der Waals surface area contributed by atoms with Crippen LogP contribution in [0, 0.1) is 5.41 Å². The van der Waals surface area contributed by atoms with Gasteiger partial charge in [0.25, 0.3) is 0 Å². The van der Waals surface area contributed by atoms with E-state index in [-0.39, 0.29) is 6.61 Å². The monoisotopic (exact) mass is 232 g/mol. The van der Waals surface area contributed by atoms with E-state index in [0.29, 0.717) is 32.5 Å². The van der Waals surface area contributed by atoms with Crippen LogP contribution in [0.25, 0.3) is 0 Å². The number of rotatable bonds is 4. The van der Waals surface area contributed by atoms with Crippen LogP contribution in [0.4, 0.5) is 0 Å². The molecule has 2 unspecified atom stereocenters. The number of carbonyl (C=O) groups is 1. The summed E-state index contributed by atoms with van der Waals surface area (Å²) < 4.78 is 10.2. The molecule has 1 aliphatic rings. The van der Waals surface area contributed by atoms with Gasteiger partial charge in [0.15, 0.2) is 0 Å². The van der Waals surface area contributed by atoms with Crippen LogP contribution >= 0.6 is 0 Å². The van der Waals surface area contributed by atoms with E-state index in [1.807, 2.05) is 0 Å². The summed E-state index contributed by atoms with van der Waals surface area (Å²) in [4.78, 5) is 11.3. The fourth-order valence-electron chi connectivity index (χ4n) is 2.17. The molecule has 0 saturated carbocycles. The van der Waals surface area contributed by atoms with E-state index < -0.39 is 17.0 Å². The number of ether oxygens (including phenoxy) is 2. The van der Waals surface area contributed by atoms with Gasteiger partial charge in [0.2, 0.25) is 0 Å². The minimum absolute atomic E-state index is 0.00116. The summed E-state index contributed by atoms with van der Waals surface area (Å²) in [5, 5.41) is 19.8. The molecule has 0 spiro atoms. The molecule has 2 N–H and O–H groups in total. The van der Waals surface area contributed by atoms with Crippen LogP contribution < -0.4 is 0 Å². The SMILES string of the molecule is COCC(C)(C(=O)O)C1(O)CCCOCC1. The molecule has 16 heavy (non-hydrogen) atoms. The smallest absolute Gasteiger partial charge is 0.314 e.